The van der Waals surface area contributed by atoms with Gasteiger partial charge in [-0.2, -0.15) is 25.5 Å². The fourth-order valence-electron chi connectivity index (χ4n) is 7.81. The Morgan fingerprint density at radius 3 is 1.58 bits per heavy atom. The number of amides is 1. The van der Waals surface area contributed by atoms with Crippen LogP contribution >= 0.6 is 0 Å². The van der Waals surface area contributed by atoms with Gasteiger partial charge in [-0.15, -0.1) is 0 Å². The molecule has 6 aromatic heterocycles. The zero-order valence-electron chi connectivity index (χ0n) is 54.2. The summed E-state index contributed by atoms with van der Waals surface area (Å²) < 4.78 is 27.4. The Morgan fingerprint density at radius 2 is 1.09 bits per heavy atom. The lowest BCUT2D eigenvalue weighted by molar-refractivity contribution is -0.133. The molecule has 2 fully saturated rings. The summed E-state index contributed by atoms with van der Waals surface area (Å²) in [5.41, 5.74) is 2.28. The maximum Gasteiger partial charge on any atom is 0.317 e. The predicted molar refractivity (Wildman–Crippen MR) is 329 cm³/mol. The first-order chi connectivity index (χ1) is 40.3. The highest BCUT2D eigenvalue weighted by molar-refractivity contribution is 5.77. The van der Waals surface area contributed by atoms with Crippen LogP contribution in [0.1, 0.15) is 192 Å². The van der Waals surface area contributed by atoms with E-state index < -0.39 is 0 Å². The lowest BCUT2D eigenvalue weighted by Crippen LogP contribution is -2.49. The standard InChI is InChI=1S/C15H20N4O2.C14H22N4O.C13H22N2O.2C11H15N3O/c1-15(2,3)7-9-20-14-16-8-6-11(17-14)12-18-13(21-19-12)10-4-5-10;1-14(2,3)11-12(19)17-7-9-18(10-8-17)13-15-5-4-6-16-13;1-12(2,3)10-13(4,5)16-9-11-14-7-6-8-15-11;1-11(2,3)5-7-15-10-13-6-4-9(8-12)14-10;1-11(2,3)4-5-15-10-13-7-9(6-12)8-14-10/h6,8,10H,4-5,7,9H2,1-3H3;4-6H,7-11H2,1-3H3;6-8H,9-10H2,1-5H3;4,6H,5,7H2,1-3H3;7-8H,4-5H2,1-3H3. The van der Waals surface area contributed by atoms with Gasteiger partial charge in [0.1, 0.15) is 30.1 Å². The molecule has 1 aliphatic heterocycles. The van der Waals surface area contributed by atoms with E-state index in [2.05, 4.69) is 183 Å². The molecule has 1 aliphatic carbocycles. The van der Waals surface area contributed by atoms with E-state index in [9.17, 15) is 4.79 Å². The number of rotatable bonds is 17. The molecule has 1 amide bonds. The largest absolute Gasteiger partial charge is 0.463 e. The van der Waals surface area contributed by atoms with Gasteiger partial charge in [0.15, 0.2) is 5.82 Å². The fraction of sp³-hybridized carbons (Fsp3) is 0.609. The van der Waals surface area contributed by atoms with Crippen molar-refractivity contribution in [2.75, 3.05) is 50.9 Å². The third-order valence-electron chi connectivity index (χ3n) is 12.3. The van der Waals surface area contributed by atoms with Crippen LogP contribution in [0, 0.1) is 49.7 Å². The minimum Gasteiger partial charge on any atom is -0.463 e. The molecular weight excluding hydrogens is 1090 g/mol. The summed E-state index contributed by atoms with van der Waals surface area (Å²) in [7, 11) is 0. The third kappa shape index (κ3) is 30.8. The number of hydrogen-bond acceptors (Lipinski definition) is 21. The molecule has 22 nitrogen and oxygen atoms in total. The Morgan fingerprint density at radius 1 is 0.581 bits per heavy atom. The van der Waals surface area contributed by atoms with Gasteiger partial charge < -0.3 is 33.3 Å². The van der Waals surface area contributed by atoms with Gasteiger partial charge in [-0.1, -0.05) is 109 Å². The quantitative estimate of drug-likeness (QED) is 0.0820. The monoisotopic (exact) mass is 1180 g/mol. The van der Waals surface area contributed by atoms with Crippen LogP contribution in [0.4, 0.5) is 5.95 Å². The highest BCUT2D eigenvalue weighted by Gasteiger charge is 2.31. The molecule has 0 radical (unpaired) electrons. The lowest BCUT2D eigenvalue weighted by atomic mass is 9.84. The molecule has 1 saturated carbocycles. The van der Waals surface area contributed by atoms with Crippen LogP contribution in [0.2, 0.25) is 0 Å². The SMILES string of the molecule is CC(C)(C)CC(=O)N1CCN(c2ncccn2)CC1.CC(C)(C)CC(C)(C)OCc1ncccn1.CC(C)(C)CCOc1ncc(C#N)cn1.CC(C)(C)CCOc1nccc(-c2noc(C3CC3)n2)n1.CC(C)(C)CCOc1nccc(C#N)n1. The summed E-state index contributed by atoms with van der Waals surface area (Å²) in [6, 6.07) is 11.8. The molecule has 6 aromatic rings. The smallest absolute Gasteiger partial charge is 0.317 e. The minimum absolute atomic E-state index is 0.0523. The van der Waals surface area contributed by atoms with E-state index in [0.717, 1.165) is 76.5 Å². The number of ether oxygens (including phenoxy) is 4. The predicted octanol–water partition coefficient (Wildman–Crippen LogP) is 12.3. The molecule has 0 aromatic carbocycles. The van der Waals surface area contributed by atoms with E-state index in [0.29, 0.717) is 79.5 Å². The summed E-state index contributed by atoms with van der Waals surface area (Å²) in [4.78, 5) is 61.5. The zero-order valence-corrected chi connectivity index (χ0v) is 54.2. The van der Waals surface area contributed by atoms with Gasteiger partial charge in [-0.3, -0.25) is 4.79 Å². The highest BCUT2D eigenvalue weighted by atomic mass is 16.5. The third-order valence-corrected chi connectivity index (χ3v) is 12.3. The number of hydrogen-bond donors (Lipinski definition) is 0. The fourth-order valence-corrected chi connectivity index (χ4v) is 7.81. The molecule has 0 N–H and O–H groups in total. The first kappa shape index (κ1) is 70.6. The second-order valence-corrected chi connectivity index (χ2v) is 27.7. The van der Waals surface area contributed by atoms with E-state index in [1.54, 1.807) is 43.1 Å². The number of anilines is 1. The Kier molecular flexibility index (Phi) is 27.2. The van der Waals surface area contributed by atoms with E-state index >= 15 is 0 Å². The van der Waals surface area contributed by atoms with Crippen molar-refractivity contribution in [3.63, 3.8) is 0 Å². The topological polar surface area (TPSA) is 276 Å². The van der Waals surface area contributed by atoms with Gasteiger partial charge in [0.25, 0.3) is 0 Å². The van der Waals surface area contributed by atoms with Gasteiger partial charge in [0.05, 0.1) is 43.4 Å². The second kappa shape index (κ2) is 33.2. The number of nitriles is 2. The van der Waals surface area contributed by atoms with Crippen molar-refractivity contribution in [2.45, 2.75) is 181 Å². The van der Waals surface area contributed by atoms with Crippen LogP contribution in [0.5, 0.6) is 18.0 Å². The number of piperazine rings is 1. The molecule has 0 atom stereocenters. The molecule has 1 saturated heterocycles. The summed E-state index contributed by atoms with van der Waals surface area (Å²) in [5.74, 6) is 3.39. The van der Waals surface area contributed by atoms with Gasteiger partial charge in [-0.05, 0) is 104 Å². The lowest BCUT2D eigenvalue weighted by Gasteiger charge is -2.35. The van der Waals surface area contributed by atoms with Crippen molar-refractivity contribution in [3.8, 4) is 41.7 Å². The molecule has 86 heavy (non-hydrogen) atoms. The van der Waals surface area contributed by atoms with Crippen LogP contribution in [0.25, 0.3) is 11.5 Å². The van der Waals surface area contributed by atoms with Crippen molar-refractivity contribution in [2.24, 2.45) is 27.1 Å². The van der Waals surface area contributed by atoms with Gasteiger partial charge in [-0.25, -0.2) is 39.9 Å². The van der Waals surface area contributed by atoms with Crippen LogP contribution in [0.3, 0.4) is 0 Å². The first-order valence-electron chi connectivity index (χ1n) is 29.5. The van der Waals surface area contributed by atoms with Crippen molar-refractivity contribution < 1.29 is 28.3 Å². The van der Waals surface area contributed by atoms with Crippen molar-refractivity contribution in [1.82, 2.24) is 64.9 Å². The first-order valence-corrected chi connectivity index (χ1v) is 29.5. The highest BCUT2D eigenvalue weighted by Crippen LogP contribution is 2.39. The summed E-state index contributed by atoms with van der Waals surface area (Å²) in [5, 5.41) is 21.1. The minimum atomic E-state index is -0.141. The van der Waals surface area contributed by atoms with Crippen molar-refractivity contribution in [1.29, 1.82) is 10.5 Å². The molecule has 466 valence electrons. The molecule has 22 heteroatoms. The Hall–Kier alpha value is -7.85. The maximum atomic E-state index is 12.1. The average molecular weight is 1180 g/mol. The van der Waals surface area contributed by atoms with E-state index in [1.807, 2.05) is 29.2 Å². The molecule has 2 aliphatic rings. The number of nitrogens with zero attached hydrogens (tertiary/aromatic N) is 16. The number of carbonyl (C=O) groups excluding carboxylic acids is 1. The summed E-state index contributed by atoms with van der Waals surface area (Å²) >= 11 is 0. The van der Waals surface area contributed by atoms with Crippen molar-refractivity contribution in [3.05, 3.63) is 96.8 Å². The van der Waals surface area contributed by atoms with Crippen LogP contribution in [-0.2, 0) is 16.1 Å². The number of carbonyl (C=O) groups is 1. The average Bonchev–Trinajstić information content (AvgIpc) is 3.11. The van der Waals surface area contributed by atoms with Crippen LogP contribution in [0.15, 0.2) is 78.4 Å². The maximum absolute atomic E-state index is 12.1. The summed E-state index contributed by atoms with van der Waals surface area (Å²) in [6.07, 6.45) is 19.8. The molecular formula is C64H94N16O6. The van der Waals surface area contributed by atoms with Crippen LogP contribution < -0.4 is 19.1 Å². The Bertz CT molecular complexity index is 2990. The van der Waals surface area contributed by atoms with E-state index in [4.69, 9.17) is 34.0 Å². The van der Waals surface area contributed by atoms with Crippen LogP contribution in [-0.4, -0.2) is 122 Å². The Balaban J connectivity index is 0.000000232. The molecule has 0 unspecified atom stereocenters. The van der Waals surface area contributed by atoms with E-state index in [1.165, 1.54) is 18.6 Å². The Labute approximate surface area is 510 Å². The number of aromatic nitrogens is 12. The van der Waals surface area contributed by atoms with E-state index in [-0.39, 0.29) is 44.6 Å². The molecule has 7 heterocycles. The van der Waals surface area contributed by atoms with Gasteiger partial charge >= 0.3 is 18.0 Å². The second-order valence-electron chi connectivity index (χ2n) is 27.7. The molecule has 0 spiro atoms. The molecule has 8 rings (SSSR count). The summed E-state index contributed by atoms with van der Waals surface area (Å²) in [6.45, 7) is 41.9. The van der Waals surface area contributed by atoms with Crippen molar-refractivity contribution >= 4 is 11.9 Å². The van der Waals surface area contributed by atoms with Gasteiger partial charge in [0.2, 0.25) is 23.6 Å². The molecule has 0 bridgehead atoms. The zero-order chi connectivity index (χ0) is 63.6. The van der Waals surface area contributed by atoms with Gasteiger partial charge in [0, 0.05) is 75.7 Å². The normalized spacial score (nSPS) is 13.5.